The van der Waals surface area contributed by atoms with Crippen LogP contribution in [0.5, 0.6) is 0 Å². The molecule has 0 spiro atoms. The minimum atomic E-state index is -0.420. The van der Waals surface area contributed by atoms with Crippen molar-refractivity contribution in [1.82, 2.24) is 9.97 Å². The molecule has 1 aromatic heterocycles. The summed E-state index contributed by atoms with van der Waals surface area (Å²) in [6.45, 7) is 2.11. The van der Waals surface area contributed by atoms with Gasteiger partial charge in [0.2, 0.25) is 0 Å². The van der Waals surface area contributed by atoms with Crippen molar-refractivity contribution in [2.24, 2.45) is 0 Å². The summed E-state index contributed by atoms with van der Waals surface area (Å²) in [5, 5.41) is 0. The number of nitrogens with two attached hydrogens (primary N) is 1. The second-order valence-corrected chi connectivity index (χ2v) is 4.08. The molecular formula is C11H17N3O2. The van der Waals surface area contributed by atoms with Crippen LogP contribution < -0.4 is 5.73 Å². The molecule has 1 heterocycles. The first kappa shape index (κ1) is 11.0. The van der Waals surface area contributed by atoms with Gasteiger partial charge in [-0.1, -0.05) is 12.8 Å². The lowest BCUT2D eigenvalue weighted by molar-refractivity contribution is 0.0521. The number of nitrogens with one attached hydrogen (secondary N) is 1. The molecule has 0 aromatic carbocycles. The minimum absolute atomic E-state index is 0.250. The van der Waals surface area contributed by atoms with E-state index in [0.717, 1.165) is 18.7 Å². The van der Waals surface area contributed by atoms with Crippen LogP contribution in [0.25, 0.3) is 0 Å². The molecule has 0 radical (unpaired) electrons. The van der Waals surface area contributed by atoms with Crippen molar-refractivity contribution in [3.8, 4) is 0 Å². The smallest absolute Gasteiger partial charge is 0.358 e. The third kappa shape index (κ3) is 2.03. The molecule has 1 aliphatic carbocycles. The number of imidazole rings is 1. The van der Waals surface area contributed by atoms with Crippen molar-refractivity contribution in [2.45, 2.75) is 38.5 Å². The van der Waals surface area contributed by atoms with Crippen LogP contribution in [0.15, 0.2) is 0 Å². The Hall–Kier alpha value is -1.52. The largest absolute Gasteiger partial charge is 0.461 e. The summed E-state index contributed by atoms with van der Waals surface area (Å²) in [6.07, 6.45) is 4.68. The summed E-state index contributed by atoms with van der Waals surface area (Å²) in [5.41, 5.74) is 5.99. The van der Waals surface area contributed by atoms with E-state index in [4.69, 9.17) is 10.5 Å². The zero-order valence-electron chi connectivity index (χ0n) is 9.45. The van der Waals surface area contributed by atoms with Gasteiger partial charge in [-0.05, 0) is 19.8 Å². The van der Waals surface area contributed by atoms with Gasteiger partial charge in [0.1, 0.15) is 5.82 Å². The number of hydrogen-bond donors (Lipinski definition) is 2. The molecule has 0 unspecified atom stereocenters. The number of aromatic nitrogens is 2. The molecule has 5 heteroatoms. The Morgan fingerprint density at radius 1 is 1.56 bits per heavy atom. The van der Waals surface area contributed by atoms with Crippen molar-refractivity contribution < 1.29 is 9.53 Å². The van der Waals surface area contributed by atoms with Gasteiger partial charge in [-0.3, -0.25) is 0 Å². The predicted octanol–water partition coefficient (Wildman–Crippen LogP) is 1.83. The van der Waals surface area contributed by atoms with E-state index in [0.29, 0.717) is 18.2 Å². The van der Waals surface area contributed by atoms with E-state index < -0.39 is 5.97 Å². The molecule has 1 aromatic rings. The summed E-state index contributed by atoms with van der Waals surface area (Å²) >= 11 is 0. The van der Waals surface area contributed by atoms with Crippen LogP contribution >= 0.6 is 0 Å². The van der Waals surface area contributed by atoms with Gasteiger partial charge < -0.3 is 15.5 Å². The van der Waals surface area contributed by atoms with Gasteiger partial charge >= 0.3 is 5.97 Å². The van der Waals surface area contributed by atoms with E-state index in [9.17, 15) is 4.79 Å². The van der Waals surface area contributed by atoms with Crippen molar-refractivity contribution in [3.63, 3.8) is 0 Å². The van der Waals surface area contributed by atoms with Crippen molar-refractivity contribution >= 4 is 11.8 Å². The first-order valence-corrected chi connectivity index (χ1v) is 5.75. The molecule has 1 aliphatic rings. The molecule has 1 fully saturated rings. The van der Waals surface area contributed by atoms with Crippen LogP contribution in [0.2, 0.25) is 0 Å². The third-order valence-electron chi connectivity index (χ3n) is 2.97. The lowest BCUT2D eigenvalue weighted by Gasteiger charge is -2.03. The number of carbonyl (C=O) groups excluding carboxylic acids is 1. The maximum absolute atomic E-state index is 11.5. The Balaban J connectivity index is 2.17. The number of anilines is 1. The van der Waals surface area contributed by atoms with Gasteiger partial charge in [-0.25, -0.2) is 9.78 Å². The highest BCUT2D eigenvalue weighted by molar-refractivity contribution is 5.92. The fourth-order valence-corrected chi connectivity index (χ4v) is 2.16. The summed E-state index contributed by atoms with van der Waals surface area (Å²) < 4.78 is 4.89. The number of rotatable bonds is 3. The lowest BCUT2D eigenvalue weighted by atomic mass is 10.1. The van der Waals surface area contributed by atoms with E-state index >= 15 is 0 Å². The number of nitrogens with zero attached hydrogens (tertiary/aromatic N) is 1. The normalized spacial score (nSPS) is 16.6. The maximum atomic E-state index is 11.5. The molecule has 3 N–H and O–H groups in total. The number of aromatic amines is 1. The van der Waals surface area contributed by atoms with E-state index in [-0.39, 0.29) is 5.82 Å². The zero-order valence-corrected chi connectivity index (χ0v) is 9.45. The Bertz CT molecular complexity index is 381. The monoisotopic (exact) mass is 223 g/mol. The highest BCUT2D eigenvalue weighted by Gasteiger charge is 2.23. The van der Waals surface area contributed by atoms with E-state index in [1.165, 1.54) is 12.8 Å². The van der Waals surface area contributed by atoms with E-state index in [1.807, 2.05) is 0 Å². The van der Waals surface area contributed by atoms with Crippen LogP contribution in [0, 0.1) is 0 Å². The van der Waals surface area contributed by atoms with Crippen LogP contribution in [-0.2, 0) is 4.74 Å². The van der Waals surface area contributed by atoms with Crippen molar-refractivity contribution in [3.05, 3.63) is 11.5 Å². The average Bonchev–Trinajstić information content (AvgIpc) is 2.86. The molecular weight excluding hydrogens is 206 g/mol. The highest BCUT2D eigenvalue weighted by Crippen LogP contribution is 2.33. The molecule has 88 valence electrons. The highest BCUT2D eigenvalue weighted by atomic mass is 16.5. The van der Waals surface area contributed by atoms with E-state index in [2.05, 4.69) is 9.97 Å². The van der Waals surface area contributed by atoms with Gasteiger partial charge in [0.25, 0.3) is 0 Å². The number of ether oxygens (including phenoxy) is 1. The lowest BCUT2D eigenvalue weighted by Crippen LogP contribution is -2.07. The Morgan fingerprint density at radius 2 is 2.25 bits per heavy atom. The first-order valence-electron chi connectivity index (χ1n) is 5.75. The molecule has 0 aliphatic heterocycles. The third-order valence-corrected chi connectivity index (χ3v) is 2.97. The van der Waals surface area contributed by atoms with Gasteiger partial charge in [-0.15, -0.1) is 0 Å². The van der Waals surface area contributed by atoms with Gasteiger partial charge in [0.15, 0.2) is 11.5 Å². The number of carbonyl (C=O) groups is 1. The van der Waals surface area contributed by atoms with Crippen LogP contribution in [0.3, 0.4) is 0 Å². The number of esters is 1. The number of hydrogen-bond acceptors (Lipinski definition) is 4. The van der Waals surface area contributed by atoms with Crippen LogP contribution in [0.4, 0.5) is 5.82 Å². The molecule has 0 atom stereocenters. The standard InChI is InChI=1S/C11H17N3O2/c1-2-16-11(15)8-9(12)14-10(13-8)7-5-3-4-6-7/h7H,2-6,12H2,1H3,(H,13,14). The second kappa shape index (κ2) is 4.55. The van der Waals surface area contributed by atoms with Crippen LogP contribution in [-0.4, -0.2) is 22.5 Å². The summed E-state index contributed by atoms with van der Waals surface area (Å²) in [6, 6.07) is 0. The molecule has 0 amide bonds. The Morgan fingerprint density at radius 3 is 2.88 bits per heavy atom. The summed E-state index contributed by atoms with van der Waals surface area (Å²) in [7, 11) is 0. The fraction of sp³-hybridized carbons (Fsp3) is 0.636. The van der Waals surface area contributed by atoms with Gasteiger partial charge in [0.05, 0.1) is 6.61 Å². The summed E-state index contributed by atoms with van der Waals surface area (Å²) in [5.74, 6) is 1.08. The van der Waals surface area contributed by atoms with E-state index in [1.54, 1.807) is 6.92 Å². The SMILES string of the molecule is CCOC(=O)c1[nH]c(C2CCCC2)nc1N. The predicted molar refractivity (Wildman–Crippen MR) is 60.2 cm³/mol. The molecule has 0 bridgehead atoms. The number of nitrogen functional groups attached to an aromatic ring is 1. The number of H-pyrrole nitrogens is 1. The first-order chi connectivity index (χ1) is 7.72. The topological polar surface area (TPSA) is 81.0 Å². The summed E-state index contributed by atoms with van der Waals surface area (Å²) in [4.78, 5) is 18.7. The maximum Gasteiger partial charge on any atom is 0.358 e. The zero-order chi connectivity index (χ0) is 11.5. The van der Waals surface area contributed by atoms with Gasteiger partial charge in [-0.2, -0.15) is 0 Å². The molecule has 2 rings (SSSR count). The van der Waals surface area contributed by atoms with Crippen molar-refractivity contribution in [2.75, 3.05) is 12.3 Å². The molecule has 16 heavy (non-hydrogen) atoms. The minimum Gasteiger partial charge on any atom is -0.461 e. The van der Waals surface area contributed by atoms with Crippen LogP contribution in [0.1, 0.15) is 54.8 Å². The molecule has 0 saturated heterocycles. The Labute approximate surface area is 94.4 Å². The Kier molecular flexibility index (Phi) is 3.12. The van der Waals surface area contributed by atoms with Crippen molar-refractivity contribution in [1.29, 1.82) is 0 Å². The second-order valence-electron chi connectivity index (χ2n) is 4.08. The molecule has 5 nitrogen and oxygen atoms in total. The average molecular weight is 223 g/mol. The quantitative estimate of drug-likeness (QED) is 0.766. The molecule has 1 saturated carbocycles. The fourth-order valence-electron chi connectivity index (χ4n) is 2.16. The van der Waals surface area contributed by atoms with Gasteiger partial charge in [0, 0.05) is 5.92 Å².